The van der Waals surface area contributed by atoms with Gasteiger partial charge in [-0.05, 0) is 60.2 Å². The molecule has 1 rings (SSSR count). The molecule has 1 aliphatic rings. The van der Waals surface area contributed by atoms with Crippen LogP contribution >= 0.6 is 0 Å². The highest BCUT2D eigenvalue weighted by Crippen LogP contribution is 2.20. The summed E-state index contributed by atoms with van der Waals surface area (Å²) in [7, 11) is 2.17. The first-order chi connectivity index (χ1) is 9.71. The summed E-state index contributed by atoms with van der Waals surface area (Å²) >= 11 is 0. The van der Waals surface area contributed by atoms with Crippen molar-refractivity contribution in [1.82, 2.24) is 15.1 Å². The van der Waals surface area contributed by atoms with E-state index in [4.69, 9.17) is 0 Å². The summed E-state index contributed by atoms with van der Waals surface area (Å²) in [6, 6.07) is 0. The second kappa shape index (κ2) is 7.56. The number of hydrogen-bond donors (Lipinski definition) is 2. The maximum absolute atomic E-state index is 11.5. The SMILES string of the molecule is CCCNC(C)(CCCN1CCN(C)C(C)(C)C1)C(=O)O. The number of aliphatic carboxylic acids is 1. The van der Waals surface area contributed by atoms with E-state index in [1.165, 1.54) is 0 Å². The van der Waals surface area contributed by atoms with Gasteiger partial charge in [0.2, 0.25) is 0 Å². The van der Waals surface area contributed by atoms with E-state index < -0.39 is 11.5 Å². The van der Waals surface area contributed by atoms with Crippen LogP contribution in [0, 0.1) is 0 Å². The lowest BCUT2D eigenvalue weighted by Gasteiger charge is -2.45. The topological polar surface area (TPSA) is 55.8 Å². The van der Waals surface area contributed by atoms with Gasteiger partial charge in [0.15, 0.2) is 0 Å². The Morgan fingerprint density at radius 1 is 1.38 bits per heavy atom. The molecule has 0 amide bonds. The van der Waals surface area contributed by atoms with Crippen molar-refractivity contribution in [1.29, 1.82) is 0 Å². The number of rotatable bonds is 8. The van der Waals surface area contributed by atoms with Crippen LogP contribution in [0.2, 0.25) is 0 Å². The van der Waals surface area contributed by atoms with Gasteiger partial charge >= 0.3 is 5.97 Å². The van der Waals surface area contributed by atoms with Gasteiger partial charge in [-0.3, -0.25) is 9.69 Å². The monoisotopic (exact) mass is 299 g/mol. The van der Waals surface area contributed by atoms with Crippen LogP contribution < -0.4 is 5.32 Å². The molecule has 1 fully saturated rings. The smallest absolute Gasteiger partial charge is 0.323 e. The Morgan fingerprint density at radius 2 is 2.05 bits per heavy atom. The van der Waals surface area contributed by atoms with Crippen LogP contribution in [0.25, 0.3) is 0 Å². The normalized spacial score (nSPS) is 22.9. The average Bonchev–Trinajstić information content (AvgIpc) is 2.40. The zero-order chi connectivity index (χ0) is 16.1. The molecule has 21 heavy (non-hydrogen) atoms. The minimum Gasteiger partial charge on any atom is -0.480 e. The number of nitrogens with zero attached hydrogens (tertiary/aromatic N) is 2. The molecular formula is C16H33N3O2. The van der Waals surface area contributed by atoms with E-state index in [1.807, 2.05) is 0 Å². The number of carboxylic acid groups (broad SMARTS) is 1. The Balaban J connectivity index is 2.42. The van der Waals surface area contributed by atoms with Gasteiger partial charge in [0.1, 0.15) is 5.54 Å². The summed E-state index contributed by atoms with van der Waals surface area (Å²) in [4.78, 5) is 16.3. The molecule has 1 atom stereocenters. The Morgan fingerprint density at radius 3 is 2.57 bits per heavy atom. The Labute approximate surface area is 129 Å². The van der Waals surface area contributed by atoms with Crippen molar-refractivity contribution in [3.63, 3.8) is 0 Å². The van der Waals surface area contributed by atoms with E-state index in [9.17, 15) is 9.90 Å². The van der Waals surface area contributed by atoms with E-state index in [-0.39, 0.29) is 5.54 Å². The van der Waals surface area contributed by atoms with Crippen LogP contribution in [0.3, 0.4) is 0 Å². The molecule has 0 radical (unpaired) electrons. The van der Waals surface area contributed by atoms with E-state index in [1.54, 1.807) is 6.92 Å². The third kappa shape index (κ3) is 5.24. The number of carbonyl (C=O) groups is 1. The van der Waals surface area contributed by atoms with Crippen LogP contribution in [0.4, 0.5) is 0 Å². The van der Waals surface area contributed by atoms with Crippen molar-refractivity contribution in [3.05, 3.63) is 0 Å². The van der Waals surface area contributed by atoms with Gasteiger partial charge < -0.3 is 15.3 Å². The lowest BCUT2D eigenvalue weighted by Crippen LogP contribution is -2.57. The molecule has 2 N–H and O–H groups in total. The molecule has 1 aliphatic heterocycles. The third-order valence-corrected chi connectivity index (χ3v) is 4.78. The number of carboxylic acids is 1. The maximum atomic E-state index is 11.5. The molecule has 0 bridgehead atoms. The van der Waals surface area contributed by atoms with Crippen molar-refractivity contribution in [2.75, 3.05) is 39.8 Å². The quantitative estimate of drug-likeness (QED) is 0.713. The van der Waals surface area contributed by atoms with Crippen LogP contribution in [0.5, 0.6) is 0 Å². The molecular weight excluding hydrogens is 266 g/mol. The van der Waals surface area contributed by atoms with Gasteiger partial charge in [0, 0.05) is 25.2 Å². The fraction of sp³-hybridized carbons (Fsp3) is 0.938. The lowest BCUT2D eigenvalue weighted by molar-refractivity contribution is -0.144. The molecule has 5 heteroatoms. The van der Waals surface area contributed by atoms with Gasteiger partial charge in [-0.25, -0.2) is 0 Å². The molecule has 124 valence electrons. The van der Waals surface area contributed by atoms with E-state index >= 15 is 0 Å². The van der Waals surface area contributed by atoms with Crippen LogP contribution in [0.1, 0.15) is 47.0 Å². The van der Waals surface area contributed by atoms with E-state index in [0.29, 0.717) is 6.42 Å². The molecule has 0 aromatic carbocycles. The van der Waals surface area contributed by atoms with Crippen molar-refractivity contribution < 1.29 is 9.90 Å². The number of piperazine rings is 1. The third-order valence-electron chi connectivity index (χ3n) is 4.78. The van der Waals surface area contributed by atoms with Gasteiger partial charge in [0.05, 0.1) is 0 Å². The van der Waals surface area contributed by atoms with Crippen LogP contribution in [-0.2, 0) is 4.79 Å². The summed E-state index contributed by atoms with van der Waals surface area (Å²) in [5.41, 5.74) is -0.590. The first-order valence-corrected chi connectivity index (χ1v) is 8.13. The predicted molar refractivity (Wildman–Crippen MR) is 86.7 cm³/mol. The minimum absolute atomic E-state index is 0.203. The molecule has 0 aromatic rings. The second-order valence-corrected chi connectivity index (χ2v) is 7.18. The summed E-state index contributed by atoms with van der Waals surface area (Å²) in [5.74, 6) is -0.741. The van der Waals surface area contributed by atoms with Crippen LogP contribution in [-0.4, -0.2) is 71.7 Å². The van der Waals surface area contributed by atoms with Crippen molar-refractivity contribution in [3.8, 4) is 0 Å². The molecule has 0 aromatic heterocycles. The summed E-state index contributed by atoms with van der Waals surface area (Å²) in [6.45, 7) is 13.3. The largest absolute Gasteiger partial charge is 0.480 e. The fourth-order valence-electron chi connectivity index (χ4n) is 2.86. The lowest BCUT2D eigenvalue weighted by atomic mass is 9.94. The zero-order valence-corrected chi connectivity index (χ0v) is 14.4. The minimum atomic E-state index is -0.794. The van der Waals surface area contributed by atoms with Gasteiger partial charge in [-0.1, -0.05) is 6.92 Å². The maximum Gasteiger partial charge on any atom is 0.323 e. The van der Waals surface area contributed by atoms with Crippen molar-refractivity contribution in [2.24, 2.45) is 0 Å². The summed E-state index contributed by atoms with van der Waals surface area (Å²) in [6.07, 6.45) is 2.55. The molecule has 1 unspecified atom stereocenters. The molecule has 1 saturated heterocycles. The summed E-state index contributed by atoms with van der Waals surface area (Å²) < 4.78 is 0. The van der Waals surface area contributed by atoms with E-state index in [0.717, 1.165) is 45.6 Å². The molecule has 5 nitrogen and oxygen atoms in total. The highest BCUT2D eigenvalue weighted by molar-refractivity contribution is 5.78. The first kappa shape index (κ1) is 18.4. The van der Waals surface area contributed by atoms with E-state index in [2.05, 4.69) is 42.9 Å². The van der Waals surface area contributed by atoms with Crippen LogP contribution in [0.15, 0.2) is 0 Å². The fourth-order valence-corrected chi connectivity index (χ4v) is 2.86. The molecule has 0 aliphatic carbocycles. The van der Waals surface area contributed by atoms with Gasteiger partial charge in [-0.15, -0.1) is 0 Å². The Kier molecular flexibility index (Phi) is 6.63. The second-order valence-electron chi connectivity index (χ2n) is 7.18. The summed E-state index contributed by atoms with van der Waals surface area (Å²) in [5, 5.41) is 12.6. The molecule has 0 spiro atoms. The predicted octanol–water partition coefficient (Wildman–Crippen LogP) is 1.64. The average molecular weight is 299 g/mol. The highest BCUT2D eigenvalue weighted by Gasteiger charge is 2.33. The first-order valence-electron chi connectivity index (χ1n) is 8.13. The highest BCUT2D eigenvalue weighted by atomic mass is 16.4. The number of nitrogens with one attached hydrogen (secondary N) is 1. The van der Waals surface area contributed by atoms with Gasteiger partial charge in [-0.2, -0.15) is 0 Å². The Bertz CT molecular complexity index is 346. The zero-order valence-electron chi connectivity index (χ0n) is 14.4. The van der Waals surface area contributed by atoms with Gasteiger partial charge in [0.25, 0.3) is 0 Å². The standard InChI is InChI=1S/C16H33N3O2/c1-6-9-17-16(4,14(20)21)8-7-10-19-12-11-18(5)15(2,3)13-19/h17H,6-13H2,1-5H3,(H,20,21). The van der Waals surface area contributed by atoms with Crippen molar-refractivity contribution in [2.45, 2.75) is 58.0 Å². The number of likely N-dealkylation sites (N-methyl/N-ethyl adjacent to an activating group) is 1. The number of hydrogen-bond acceptors (Lipinski definition) is 4. The molecule has 0 saturated carbocycles. The van der Waals surface area contributed by atoms with Crippen molar-refractivity contribution >= 4 is 5.97 Å². The Hall–Kier alpha value is -0.650. The molecule has 1 heterocycles.